The van der Waals surface area contributed by atoms with Crippen LogP contribution in [0, 0.1) is 0 Å². The van der Waals surface area contributed by atoms with Gasteiger partial charge in [-0.05, 0) is 72.4 Å². The molecule has 1 N–H and O–H groups in total. The number of ketones is 1. The largest absolute Gasteiger partial charge is 0.507 e. The van der Waals surface area contributed by atoms with Crippen LogP contribution in [0.2, 0.25) is 0 Å². The maximum Gasteiger partial charge on any atom is 0.300 e. The van der Waals surface area contributed by atoms with Crippen molar-refractivity contribution >= 4 is 23.1 Å². The summed E-state index contributed by atoms with van der Waals surface area (Å²) in [7, 11) is 0. The number of anilines is 1. The van der Waals surface area contributed by atoms with E-state index in [4.69, 9.17) is 9.15 Å². The lowest BCUT2D eigenvalue weighted by atomic mass is 9.95. The maximum absolute atomic E-state index is 13.3. The van der Waals surface area contributed by atoms with Crippen LogP contribution in [-0.2, 0) is 9.59 Å². The van der Waals surface area contributed by atoms with E-state index >= 15 is 0 Å². The maximum atomic E-state index is 13.3. The third kappa shape index (κ3) is 4.48. The third-order valence-electron chi connectivity index (χ3n) is 6.30. The lowest BCUT2D eigenvalue weighted by Gasteiger charge is -2.24. The molecule has 0 aliphatic carbocycles. The van der Waals surface area contributed by atoms with Gasteiger partial charge < -0.3 is 14.3 Å². The molecule has 1 atom stereocenters. The van der Waals surface area contributed by atoms with Crippen LogP contribution in [0.3, 0.4) is 0 Å². The van der Waals surface area contributed by atoms with Gasteiger partial charge in [0.25, 0.3) is 11.7 Å². The van der Waals surface area contributed by atoms with Crippen molar-refractivity contribution in [2.24, 2.45) is 0 Å². The Morgan fingerprint density at radius 1 is 1.03 bits per heavy atom. The zero-order chi connectivity index (χ0) is 25.3. The summed E-state index contributed by atoms with van der Waals surface area (Å²) in [5.74, 6) is -0.115. The smallest absolute Gasteiger partial charge is 0.300 e. The fourth-order valence-corrected chi connectivity index (χ4v) is 4.42. The van der Waals surface area contributed by atoms with Gasteiger partial charge in [0.05, 0.1) is 18.4 Å². The van der Waals surface area contributed by atoms with Crippen molar-refractivity contribution in [2.45, 2.75) is 52.5 Å². The Balaban J connectivity index is 1.87. The van der Waals surface area contributed by atoms with E-state index in [1.54, 1.807) is 24.3 Å². The SMILES string of the molecule is CCOc1ccc(/C(O)=C2/C(=O)C(=O)N(c3ccc(C(C)C)cc3)C2c2ccco2)cc1C(C)C. The molecule has 2 aromatic carbocycles. The number of carbonyl (C=O) groups is 2. The first-order valence-corrected chi connectivity index (χ1v) is 12.0. The number of carbonyl (C=O) groups excluding carboxylic acids is 2. The van der Waals surface area contributed by atoms with Crippen molar-refractivity contribution in [3.8, 4) is 5.75 Å². The number of amides is 1. The van der Waals surface area contributed by atoms with E-state index in [0.717, 1.165) is 16.9 Å². The van der Waals surface area contributed by atoms with Crippen LogP contribution in [0.1, 0.15) is 74.9 Å². The zero-order valence-electron chi connectivity index (χ0n) is 20.7. The minimum Gasteiger partial charge on any atom is -0.507 e. The summed E-state index contributed by atoms with van der Waals surface area (Å²) in [6, 6.07) is 15.4. The molecule has 1 saturated heterocycles. The highest BCUT2D eigenvalue weighted by Gasteiger charge is 2.48. The van der Waals surface area contributed by atoms with Gasteiger partial charge in [0.15, 0.2) is 0 Å². The molecule has 3 aromatic rings. The number of ether oxygens (including phenoxy) is 1. The lowest BCUT2D eigenvalue weighted by molar-refractivity contribution is -0.132. The Kier molecular flexibility index (Phi) is 6.83. The van der Waals surface area contributed by atoms with Crippen molar-refractivity contribution in [1.82, 2.24) is 0 Å². The van der Waals surface area contributed by atoms with Crippen LogP contribution >= 0.6 is 0 Å². The summed E-state index contributed by atoms with van der Waals surface area (Å²) < 4.78 is 11.4. The highest BCUT2D eigenvalue weighted by molar-refractivity contribution is 6.51. The van der Waals surface area contributed by atoms with Crippen molar-refractivity contribution in [1.29, 1.82) is 0 Å². The van der Waals surface area contributed by atoms with Gasteiger partial charge in [-0.25, -0.2) is 0 Å². The molecule has 0 radical (unpaired) electrons. The van der Waals surface area contributed by atoms with Gasteiger partial charge in [-0.15, -0.1) is 0 Å². The van der Waals surface area contributed by atoms with Gasteiger partial charge in [-0.3, -0.25) is 14.5 Å². The minimum atomic E-state index is -0.885. The van der Waals surface area contributed by atoms with Gasteiger partial charge in [0, 0.05) is 11.3 Å². The summed E-state index contributed by atoms with van der Waals surface area (Å²) in [5.41, 5.74) is 3.03. The first-order chi connectivity index (χ1) is 16.7. The summed E-state index contributed by atoms with van der Waals surface area (Å²) >= 11 is 0. The van der Waals surface area contributed by atoms with E-state index in [1.165, 1.54) is 11.2 Å². The van der Waals surface area contributed by atoms with Crippen molar-refractivity contribution in [2.75, 3.05) is 11.5 Å². The van der Waals surface area contributed by atoms with E-state index in [-0.39, 0.29) is 17.3 Å². The van der Waals surface area contributed by atoms with Crippen molar-refractivity contribution < 1.29 is 23.8 Å². The fraction of sp³-hybridized carbons (Fsp3) is 0.310. The number of furan rings is 1. The topological polar surface area (TPSA) is 80.0 Å². The van der Waals surface area contributed by atoms with Gasteiger partial charge in [0.2, 0.25) is 0 Å². The summed E-state index contributed by atoms with van der Waals surface area (Å²) in [6.07, 6.45) is 1.49. The van der Waals surface area contributed by atoms with Gasteiger partial charge in [0.1, 0.15) is 23.3 Å². The van der Waals surface area contributed by atoms with E-state index < -0.39 is 17.7 Å². The van der Waals surface area contributed by atoms with E-state index in [1.807, 2.05) is 51.1 Å². The second-order valence-corrected chi connectivity index (χ2v) is 9.27. The molecule has 1 amide bonds. The molecule has 0 spiro atoms. The first kappa shape index (κ1) is 24.3. The van der Waals surface area contributed by atoms with E-state index in [2.05, 4.69) is 13.8 Å². The molecule has 1 unspecified atom stereocenters. The first-order valence-electron chi connectivity index (χ1n) is 12.0. The molecule has 0 saturated carbocycles. The summed E-state index contributed by atoms with van der Waals surface area (Å²) in [5, 5.41) is 11.4. The highest BCUT2D eigenvalue weighted by atomic mass is 16.5. The molecular weight excluding hydrogens is 442 g/mol. The Bertz CT molecular complexity index is 1250. The van der Waals surface area contributed by atoms with Crippen LogP contribution in [0.5, 0.6) is 5.75 Å². The predicted octanol–water partition coefficient (Wildman–Crippen LogP) is 6.55. The Morgan fingerprint density at radius 3 is 2.31 bits per heavy atom. The van der Waals surface area contributed by atoms with Crippen LogP contribution < -0.4 is 9.64 Å². The second-order valence-electron chi connectivity index (χ2n) is 9.27. The monoisotopic (exact) mass is 473 g/mol. The zero-order valence-corrected chi connectivity index (χ0v) is 20.7. The second kappa shape index (κ2) is 9.82. The molecule has 35 heavy (non-hydrogen) atoms. The molecule has 4 rings (SSSR count). The molecule has 2 heterocycles. The van der Waals surface area contributed by atoms with Crippen molar-refractivity contribution in [3.05, 3.63) is 88.9 Å². The number of nitrogens with zero attached hydrogens (tertiary/aromatic N) is 1. The van der Waals surface area contributed by atoms with Crippen LogP contribution in [-0.4, -0.2) is 23.4 Å². The number of aliphatic hydroxyl groups is 1. The van der Waals surface area contributed by atoms with Crippen LogP contribution in [0.15, 0.2) is 70.9 Å². The molecule has 1 fully saturated rings. The Labute approximate surface area is 205 Å². The van der Waals surface area contributed by atoms with Gasteiger partial charge in [-0.1, -0.05) is 39.8 Å². The Morgan fingerprint density at radius 2 is 1.74 bits per heavy atom. The molecule has 6 nitrogen and oxygen atoms in total. The summed E-state index contributed by atoms with van der Waals surface area (Å²) in [4.78, 5) is 28.0. The van der Waals surface area contributed by atoms with Gasteiger partial charge in [-0.2, -0.15) is 0 Å². The van der Waals surface area contributed by atoms with Gasteiger partial charge >= 0.3 is 0 Å². The molecular formula is C29H31NO5. The Hall–Kier alpha value is -3.80. The molecule has 1 aliphatic rings. The number of Topliss-reactive ketones (excluding diaryl/α,β-unsaturated/α-hetero) is 1. The van der Waals surface area contributed by atoms with E-state index in [0.29, 0.717) is 29.5 Å². The normalized spacial score (nSPS) is 17.6. The predicted molar refractivity (Wildman–Crippen MR) is 136 cm³/mol. The third-order valence-corrected chi connectivity index (χ3v) is 6.30. The average molecular weight is 474 g/mol. The van der Waals surface area contributed by atoms with E-state index in [9.17, 15) is 14.7 Å². The molecule has 182 valence electrons. The number of hydrogen-bond acceptors (Lipinski definition) is 5. The van der Waals surface area contributed by atoms with Crippen LogP contribution in [0.4, 0.5) is 5.69 Å². The highest BCUT2D eigenvalue weighted by Crippen LogP contribution is 2.43. The van der Waals surface area contributed by atoms with Crippen molar-refractivity contribution in [3.63, 3.8) is 0 Å². The minimum absolute atomic E-state index is 0.00301. The fourth-order valence-electron chi connectivity index (χ4n) is 4.42. The van der Waals surface area contributed by atoms with Crippen LogP contribution in [0.25, 0.3) is 5.76 Å². The summed E-state index contributed by atoms with van der Waals surface area (Å²) in [6.45, 7) is 10.7. The molecule has 6 heteroatoms. The average Bonchev–Trinajstić information content (AvgIpc) is 3.46. The molecule has 1 aliphatic heterocycles. The lowest BCUT2D eigenvalue weighted by Crippen LogP contribution is -2.29. The quantitative estimate of drug-likeness (QED) is 0.239. The molecule has 0 bridgehead atoms. The number of benzene rings is 2. The molecule has 1 aromatic heterocycles. The number of hydrogen-bond donors (Lipinski definition) is 1. The number of rotatable bonds is 7. The standard InChI is InChI=1S/C29H31NO5/c1-6-34-23-14-11-20(16-22(23)18(4)5)27(31)25-26(24-8-7-15-35-24)30(29(33)28(25)32)21-12-9-19(10-13-21)17(2)3/h7-18,26,31H,6H2,1-5H3/b27-25-. The number of aliphatic hydroxyl groups excluding tert-OH is 1.